The molecule has 0 radical (unpaired) electrons. The molecule has 1 N–H and O–H groups in total. The van der Waals surface area contributed by atoms with Crippen molar-refractivity contribution < 1.29 is 4.79 Å². The minimum absolute atomic E-state index is 0.0247. The molecule has 0 spiro atoms. The SMILES string of the molecule is CC(=O)NC[C@@H](c1ccc(Cl)c(Cl)c1)N1CCc2sccc2C1. The Hall–Kier alpha value is -1.07. The first-order valence-corrected chi connectivity index (χ1v) is 9.17. The number of nitrogens with zero attached hydrogens (tertiary/aromatic N) is 1. The first-order valence-electron chi connectivity index (χ1n) is 7.53. The molecule has 6 heteroatoms. The highest BCUT2D eigenvalue weighted by molar-refractivity contribution is 7.10. The molecular formula is C17H18Cl2N2OS. The molecular weight excluding hydrogens is 351 g/mol. The normalized spacial score (nSPS) is 16.0. The number of hydrogen-bond donors (Lipinski definition) is 1. The Balaban J connectivity index is 1.86. The van der Waals surface area contributed by atoms with Gasteiger partial charge in [0.1, 0.15) is 0 Å². The van der Waals surface area contributed by atoms with E-state index in [1.54, 1.807) is 6.92 Å². The van der Waals surface area contributed by atoms with E-state index >= 15 is 0 Å². The third kappa shape index (κ3) is 3.89. The summed E-state index contributed by atoms with van der Waals surface area (Å²) in [5.41, 5.74) is 2.46. The van der Waals surface area contributed by atoms with Crippen LogP contribution in [0.3, 0.4) is 0 Å². The minimum atomic E-state index is -0.0247. The Kier molecular flexibility index (Phi) is 5.27. The van der Waals surface area contributed by atoms with Gasteiger partial charge in [0, 0.05) is 31.4 Å². The quantitative estimate of drug-likeness (QED) is 0.872. The van der Waals surface area contributed by atoms with Gasteiger partial charge in [0.15, 0.2) is 0 Å². The lowest BCUT2D eigenvalue weighted by Crippen LogP contribution is -2.39. The van der Waals surface area contributed by atoms with Crippen molar-refractivity contribution in [3.8, 4) is 0 Å². The molecule has 0 aliphatic carbocycles. The lowest BCUT2D eigenvalue weighted by Gasteiger charge is -2.35. The van der Waals surface area contributed by atoms with E-state index in [-0.39, 0.29) is 11.9 Å². The Morgan fingerprint density at radius 2 is 2.17 bits per heavy atom. The molecule has 122 valence electrons. The van der Waals surface area contributed by atoms with Crippen molar-refractivity contribution in [2.75, 3.05) is 13.1 Å². The van der Waals surface area contributed by atoms with Crippen LogP contribution < -0.4 is 5.32 Å². The van der Waals surface area contributed by atoms with Gasteiger partial charge in [-0.05, 0) is 41.1 Å². The average molecular weight is 369 g/mol. The largest absolute Gasteiger partial charge is 0.354 e. The van der Waals surface area contributed by atoms with E-state index in [1.807, 2.05) is 29.5 Å². The van der Waals surface area contributed by atoms with Crippen molar-refractivity contribution >= 4 is 40.4 Å². The average Bonchev–Trinajstić information content (AvgIpc) is 2.98. The molecule has 3 rings (SSSR count). The summed E-state index contributed by atoms with van der Waals surface area (Å²) in [6.45, 7) is 3.97. The number of fused-ring (bicyclic) bond motifs is 1. The van der Waals surface area contributed by atoms with Crippen LogP contribution in [0.15, 0.2) is 29.6 Å². The zero-order chi connectivity index (χ0) is 16.4. The van der Waals surface area contributed by atoms with Crippen molar-refractivity contribution in [2.24, 2.45) is 0 Å². The summed E-state index contributed by atoms with van der Waals surface area (Å²) in [5, 5.41) is 6.18. The van der Waals surface area contributed by atoms with Crippen molar-refractivity contribution in [3.63, 3.8) is 0 Å². The fraction of sp³-hybridized carbons (Fsp3) is 0.353. The second-order valence-corrected chi connectivity index (χ2v) is 7.53. The maximum atomic E-state index is 11.4. The van der Waals surface area contributed by atoms with Gasteiger partial charge in [0.2, 0.25) is 5.91 Å². The molecule has 1 amide bonds. The second-order valence-electron chi connectivity index (χ2n) is 5.72. The smallest absolute Gasteiger partial charge is 0.216 e. The Bertz CT molecular complexity index is 716. The lowest BCUT2D eigenvalue weighted by molar-refractivity contribution is -0.119. The number of halogens is 2. The topological polar surface area (TPSA) is 32.3 Å². The van der Waals surface area contributed by atoms with E-state index in [2.05, 4.69) is 21.7 Å². The number of carbonyl (C=O) groups excluding carboxylic acids is 1. The van der Waals surface area contributed by atoms with E-state index in [1.165, 1.54) is 10.4 Å². The third-order valence-corrected chi connectivity index (χ3v) is 5.91. The second kappa shape index (κ2) is 7.22. The molecule has 0 saturated carbocycles. The van der Waals surface area contributed by atoms with Crippen LogP contribution in [-0.4, -0.2) is 23.9 Å². The van der Waals surface area contributed by atoms with Gasteiger partial charge in [-0.1, -0.05) is 29.3 Å². The summed E-state index contributed by atoms with van der Waals surface area (Å²) in [6, 6.07) is 7.99. The summed E-state index contributed by atoms with van der Waals surface area (Å²) in [5.74, 6) is -0.0247. The minimum Gasteiger partial charge on any atom is -0.354 e. The van der Waals surface area contributed by atoms with Crippen LogP contribution in [0.1, 0.15) is 29.0 Å². The Labute approximate surface area is 150 Å². The molecule has 1 aromatic carbocycles. The van der Waals surface area contributed by atoms with E-state index in [9.17, 15) is 4.79 Å². The first-order chi connectivity index (χ1) is 11.0. The summed E-state index contributed by atoms with van der Waals surface area (Å²) >= 11 is 14.0. The highest BCUT2D eigenvalue weighted by Crippen LogP contribution is 2.32. The molecule has 2 heterocycles. The standard InChI is InChI=1S/C17H18Cl2N2OS/c1-11(22)20-9-16(12-2-3-14(18)15(19)8-12)21-6-4-17-13(10-21)5-7-23-17/h2-3,5,7-8,16H,4,6,9-10H2,1H3,(H,20,22)/t16-/m0/s1. The van der Waals surface area contributed by atoms with Crippen LogP contribution in [0.4, 0.5) is 0 Å². The molecule has 1 aliphatic rings. The predicted molar refractivity (Wildman–Crippen MR) is 96.3 cm³/mol. The number of nitrogens with one attached hydrogen (secondary N) is 1. The van der Waals surface area contributed by atoms with E-state index in [0.29, 0.717) is 16.6 Å². The maximum absolute atomic E-state index is 11.4. The van der Waals surface area contributed by atoms with Crippen molar-refractivity contribution in [1.29, 1.82) is 0 Å². The van der Waals surface area contributed by atoms with Gasteiger partial charge in [0.05, 0.1) is 16.1 Å². The van der Waals surface area contributed by atoms with Crippen LogP contribution in [0.2, 0.25) is 10.0 Å². The number of rotatable bonds is 4. The highest BCUT2D eigenvalue weighted by atomic mass is 35.5. The van der Waals surface area contributed by atoms with Crippen LogP contribution in [-0.2, 0) is 17.8 Å². The molecule has 1 aromatic heterocycles. The monoisotopic (exact) mass is 368 g/mol. The van der Waals surface area contributed by atoms with Crippen molar-refractivity contribution in [1.82, 2.24) is 10.2 Å². The van der Waals surface area contributed by atoms with E-state index in [4.69, 9.17) is 23.2 Å². The third-order valence-electron chi connectivity index (χ3n) is 4.15. The summed E-state index contributed by atoms with van der Waals surface area (Å²) < 4.78 is 0. The summed E-state index contributed by atoms with van der Waals surface area (Å²) in [4.78, 5) is 15.2. The lowest BCUT2D eigenvalue weighted by atomic mass is 10.0. The molecule has 1 aliphatic heterocycles. The number of benzene rings is 1. The van der Waals surface area contributed by atoms with E-state index in [0.717, 1.165) is 25.1 Å². The van der Waals surface area contributed by atoms with Gasteiger partial charge >= 0.3 is 0 Å². The molecule has 0 saturated heterocycles. The number of hydrogen-bond acceptors (Lipinski definition) is 3. The summed E-state index contributed by atoms with van der Waals surface area (Å²) in [6.07, 6.45) is 1.05. The molecule has 23 heavy (non-hydrogen) atoms. The maximum Gasteiger partial charge on any atom is 0.216 e. The van der Waals surface area contributed by atoms with Crippen LogP contribution in [0, 0.1) is 0 Å². The molecule has 0 bridgehead atoms. The van der Waals surface area contributed by atoms with Gasteiger partial charge in [-0.15, -0.1) is 11.3 Å². The number of amides is 1. The first kappa shape index (κ1) is 16.8. The molecule has 3 nitrogen and oxygen atoms in total. The molecule has 1 atom stereocenters. The predicted octanol–water partition coefficient (Wildman–Crippen LogP) is 4.29. The molecule has 0 unspecified atom stereocenters. The van der Waals surface area contributed by atoms with Gasteiger partial charge in [0.25, 0.3) is 0 Å². The van der Waals surface area contributed by atoms with Crippen LogP contribution in [0.5, 0.6) is 0 Å². The fourth-order valence-corrected chi connectivity index (χ4v) is 4.15. The van der Waals surface area contributed by atoms with Gasteiger partial charge in [-0.25, -0.2) is 0 Å². The molecule has 2 aromatic rings. The summed E-state index contributed by atoms with van der Waals surface area (Å²) in [7, 11) is 0. The number of thiophene rings is 1. The van der Waals surface area contributed by atoms with Crippen LogP contribution >= 0.6 is 34.5 Å². The van der Waals surface area contributed by atoms with Gasteiger partial charge in [-0.2, -0.15) is 0 Å². The Morgan fingerprint density at radius 1 is 1.35 bits per heavy atom. The highest BCUT2D eigenvalue weighted by Gasteiger charge is 2.26. The van der Waals surface area contributed by atoms with Crippen molar-refractivity contribution in [2.45, 2.75) is 25.9 Å². The number of carbonyl (C=O) groups is 1. The Morgan fingerprint density at radius 3 is 2.91 bits per heavy atom. The zero-order valence-corrected chi connectivity index (χ0v) is 15.1. The fourth-order valence-electron chi connectivity index (χ4n) is 2.95. The van der Waals surface area contributed by atoms with Crippen molar-refractivity contribution in [3.05, 3.63) is 55.7 Å². The van der Waals surface area contributed by atoms with E-state index < -0.39 is 0 Å². The van der Waals surface area contributed by atoms with Gasteiger partial charge in [-0.3, -0.25) is 9.69 Å². The van der Waals surface area contributed by atoms with Crippen LogP contribution in [0.25, 0.3) is 0 Å². The zero-order valence-electron chi connectivity index (χ0n) is 12.8. The molecule has 0 fully saturated rings. The van der Waals surface area contributed by atoms with Gasteiger partial charge < -0.3 is 5.32 Å².